The number of β-amino-alcohol motifs (C(OH)–C–C–N with tert-alkyl or cyclic N) is 1. The Morgan fingerprint density at radius 1 is 1.37 bits per heavy atom. The average molecular weight is 377 g/mol. The first kappa shape index (κ1) is 21.3. The number of aliphatic hydroxyl groups is 1. The molecule has 7 heteroatoms. The number of amides is 1. The highest BCUT2D eigenvalue weighted by atomic mass is 16.5. The lowest BCUT2D eigenvalue weighted by atomic mass is 10.1. The largest absolute Gasteiger partial charge is 0.389 e. The molecule has 1 aromatic heterocycles. The number of aromatic nitrogens is 1. The zero-order valence-corrected chi connectivity index (χ0v) is 16.4. The second-order valence-corrected chi connectivity index (χ2v) is 7.32. The van der Waals surface area contributed by atoms with Gasteiger partial charge in [0.2, 0.25) is 5.91 Å². The molecule has 2 N–H and O–H groups in total. The Kier molecular flexibility index (Phi) is 8.71. The minimum atomic E-state index is -0.483. The number of ether oxygens (including phenoxy) is 1. The molecule has 0 spiro atoms. The summed E-state index contributed by atoms with van der Waals surface area (Å²) in [6.45, 7) is 12.5. The van der Waals surface area contributed by atoms with E-state index in [9.17, 15) is 9.90 Å². The summed E-state index contributed by atoms with van der Waals surface area (Å²) in [4.78, 5) is 20.8. The fourth-order valence-electron chi connectivity index (χ4n) is 3.03. The Morgan fingerprint density at radius 2 is 2.11 bits per heavy atom. The quantitative estimate of drug-likeness (QED) is 0.479. The first-order valence-corrected chi connectivity index (χ1v) is 9.58. The second kappa shape index (κ2) is 11.0. The Bertz CT molecular complexity index is 583. The maximum Gasteiger partial charge on any atom is 0.224 e. The molecule has 150 valence electrons. The van der Waals surface area contributed by atoms with E-state index in [2.05, 4.69) is 26.7 Å². The van der Waals surface area contributed by atoms with Gasteiger partial charge in [-0.15, -0.1) is 6.58 Å². The molecular weight excluding hydrogens is 344 g/mol. The monoisotopic (exact) mass is 376 g/mol. The minimum Gasteiger partial charge on any atom is -0.389 e. The number of anilines is 2. The number of carbonyl (C=O) groups excluding carboxylic acids is 1. The van der Waals surface area contributed by atoms with Crippen molar-refractivity contribution >= 4 is 17.4 Å². The van der Waals surface area contributed by atoms with Crippen molar-refractivity contribution in [3.05, 3.63) is 31.0 Å². The van der Waals surface area contributed by atoms with Crippen molar-refractivity contribution in [1.82, 2.24) is 9.88 Å². The topological polar surface area (TPSA) is 77.9 Å². The lowest BCUT2D eigenvalue weighted by Gasteiger charge is -2.36. The Balaban J connectivity index is 1.75. The van der Waals surface area contributed by atoms with Gasteiger partial charge in [-0.25, -0.2) is 4.98 Å². The fraction of sp³-hybridized carbons (Fsp3) is 0.600. The van der Waals surface area contributed by atoms with Crippen LogP contribution in [0.4, 0.5) is 11.5 Å². The minimum absolute atomic E-state index is 0.0174. The van der Waals surface area contributed by atoms with Gasteiger partial charge >= 0.3 is 0 Å². The van der Waals surface area contributed by atoms with Gasteiger partial charge in [0.25, 0.3) is 0 Å². The van der Waals surface area contributed by atoms with Crippen LogP contribution in [-0.2, 0) is 9.53 Å². The summed E-state index contributed by atoms with van der Waals surface area (Å²) >= 11 is 0. The van der Waals surface area contributed by atoms with Crippen LogP contribution in [0.25, 0.3) is 0 Å². The number of nitrogens with zero attached hydrogens (tertiary/aromatic N) is 3. The van der Waals surface area contributed by atoms with Crippen LogP contribution < -0.4 is 10.2 Å². The molecule has 0 aliphatic carbocycles. The molecule has 0 unspecified atom stereocenters. The van der Waals surface area contributed by atoms with Crippen LogP contribution in [0, 0.1) is 5.92 Å². The van der Waals surface area contributed by atoms with Crippen LogP contribution in [0.3, 0.4) is 0 Å². The number of aliphatic hydroxyl groups excluding tert-OH is 1. The molecule has 0 saturated carbocycles. The van der Waals surface area contributed by atoms with Gasteiger partial charge < -0.3 is 20.1 Å². The molecule has 27 heavy (non-hydrogen) atoms. The van der Waals surface area contributed by atoms with E-state index in [-0.39, 0.29) is 5.91 Å². The van der Waals surface area contributed by atoms with Crippen LogP contribution in [0.5, 0.6) is 0 Å². The zero-order chi connectivity index (χ0) is 19.6. The fourth-order valence-corrected chi connectivity index (χ4v) is 3.03. The zero-order valence-electron chi connectivity index (χ0n) is 16.4. The van der Waals surface area contributed by atoms with E-state index in [4.69, 9.17) is 4.74 Å². The van der Waals surface area contributed by atoms with Crippen molar-refractivity contribution in [2.75, 3.05) is 56.2 Å². The lowest BCUT2D eigenvalue weighted by molar-refractivity contribution is -0.116. The lowest BCUT2D eigenvalue weighted by Crippen LogP contribution is -2.49. The van der Waals surface area contributed by atoms with Crippen LogP contribution in [0.1, 0.15) is 20.3 Å². The maximum absolute atomic E-state index is 11.8. The highest BCUT2D eigenvalue weighted by Crippen LogP contribution is 2.17. The van der Waals surface area contributed by atoms with Gasteiger partial charge in [-0.1, -0.05) is 19.9 Å². The SMILES string of the molecule is C=CCOC[C@@H](O)CN1CCN(c2ccc(NC(=O)CC(C)C)cn2)CC1. The van der Waals surface area contributed by atoms with E-state index in [0.29, 0.717) is 32.1 Å². The molecule has 2 heterocycles. The number of hydrogen-bond donors (Lipinski definition) is 2. The van der Waals surface area contributed by atoms with Crippen molar-refractivity contribution in [2.45, 2.75) is 26.4 Å². The summed E-state index contributed by atoms with van der Waals surface area (Å²) in [5.74, 6) is 1.26. The Morgan fingerprint density at radius 3 is 2.70 bits per heavy atom. The molecule has 1 aromatic rings. The van der Waals surface area contributed by atoms with E-state index >= 15 is 0 Å². The smallest absolute Gasteiger partial charge is 0.224 e. The number of nitrogens with one attached hydrogen (secondary N) is 1. The van der Waals surface area contributed by atoms with Gasteiger partial charge in [-0.05, 0) is 18.1 Å². The summed E-state index contributed by atoms with van der Waals surface area (Å²) in [6, 6.07) is 3.84. The third kappa shape index (κ3) is 7.66. The van der Waals surface area contributed by atoms with E-state index in [1.165, 1.54) is 0 Å². The molecule has 0 radical (unpaired) electrons. The molecule has 1 fully saturated rings. The number of rotatable bonds is 10. The Labute approximate surface area is 162 Å². The average Bonchev–Trinajstić information content (AvgIpc) is 2.62. The van der Waals surface area contributed by atoms with Gasteiger partial charge in [0, 0.05) is 39.1 Å². The van der Waals surface area contributed by atoms with Crippen LogP contribution in [-0.4, -0.2) is 72.9 Å². The molecule has 1 amide bonds. The highest BCUT2D eigenvalue weighted by molar-refractivity contribution is 5.90. The number of pyridine rings is 1. The maximum atomic E-state index is 11.8. The summed E-state index contributed by atoms with van der Waals surface area (Å²) < 4.78 is 5.29. The molecule has 2 rings (SSSR count). The first-order valence-electron chi connectivity index (χ1n) is 9.58. The third-order valence-electron chi connectivity index (χ3n) is 4.34. The normalized spacial score (nSPS) is 16.4. The predicted molar refractivity (Wildman–Crippen MR) is 108 cm³/mol. The predicted octanol–water partition coefficient (Wildman–Crippen LogP) is 1.75. The van der Waals surface area contributed by atoms with Crippen molar-refractivity contribution in [3.63, 3.8) is 0 Å². The summed E-state index contributed by atoms with van der Waals surface area (Å²) in [6.07, 6.45) is 3.41. The number of carbonyl (C=O) groups is 1. The van der Waals surface area contributed by atoms with Crippen LogP contribution in [0.2, 0.25) is 0 Å². The molecule has 1 atom stereocenters. The van der Waals surface area contributed by atoms with Gasteiger partial charge in [0.05, 0.1) is 31.2 Å². The van der Waals surface area contributed by atoms with Crippen molar-refractivity contribution in [2.24, 2.45) is 5.92 Å². The first-order chi connectivity index (χ1) is 13.0. The van der Waals surface area contributed by atoms with Crippen molar-refractivity contribution in [1.29, 1.82) is 0 Å². The van der Waals surface area contributed by atoms with E-state index in [1.807, 2.05) is 26.0 Å². The molecular formula is C20H32N4O3. The summed E-state index contributed by atoms with van der Waals surface area (Å²) in [7, 11) is 0. The van der Waals surface area contributed by atoms with Crippen LogP contribution >= 0.6 is 0 Å². The van der Waals surface area contributed by atoms with Gasteiger partial charge in [-0.2, -0.15) is 0 Å². The third-order valence-corrected chi connectivity index (χ3v) is 4.34. The van der Waals surface area contributed by atoms with E-state index < -0.39 is 6.10 Å². The van der Waals surface area contributed by atoms with E-state index in [1.54, 1.807) is 12.3 Å². The van der Waals surface area contributed by atoms with Gasteiger partial charge in [0.15, 0.2) is 0 Å². The number of hydrogen-bond acceptors (Lipinski definition) is 6. The molecule has 0 bridgehead atoms. The molecule has 1 aliphatic heterocycles. The highest BCUT2D eigenvalue weighted by Gasteiger charge is 2.20. The molecule has 1 aliphatic rings. The van der Waals surface area contributed by atoms with Gasteiger partial charge in [0.1, 0.15) is 5.82 Å². The van der Waals surface area contributed by atoms with Crippen molar-refractivity contribution < 1.29 is 14.6 Å². The summed E-state index contributed by atoms with van der Waals surface area (Å²) in [5.41, 5.74) is 0.727. The molecule has 1 saturated heterocycles. The Hall–Kier alpha value is -1.96. The van der Waals surface area contributed by atoms with Crippen molar-refractivity contribution in [3.8, 4) is 0 Å². The van der Waals surface area contributed by atoms with E-state index in [0.717, 1.165) is 37.7 Å². The van der Waals surface area contributed by atoms with Crippen LogP contribution in [0.15, 0.2) is 31.0 Å². The summed E-state index contributed by atoms with van der Waals surface area (Å²) in [5, 5.41) is 12.9. The number of piperazine rings is 1. The standard InChI is InChI=1S/C20H32N4O3/c1-4-11-27-15-18(25)14-23-7-9-24(10-8-23)19-6-5-17(13-21-19)22-20(26)12-16(2)3/h4-6,13,16,18,25H,1,7-12,14-15H2,2-3H3,(H,22,26)/t18-/m0/s1. The van der Waals surface area contributed by atoms with Gasteiger partial charge in [-0.3, -0.25) is 9.69 Å². The molecule has 0 aromatic carbocycles. The second-order valence-electron chi connectivity index (χ2n) is 7.32. The molecule has 7 nitrogen and oxygen atoms in total.